The van der Waals surface area contributed by atoms with Gasteiger partial charge in [0.25, 0.3) is 0 Å². The summed E-state index contributed by atoms with van der Waals surface area (Å²) < 4.78 is 0. The second-order valence-corrected chi connectivity index (χ2v) is 21.0. The molecule has 0 radical (unpaired) electrons. The van der Waals surface area contributed by atoms with Crippen LogP contribution >= 0.6 is 14.5 Å². The lowest BCUT2D eigenvalue weighted by Crippen LogP contribution is -3.00. The summed E-state index contributed by atoms with van der Waals surface area (Å²) in [5, 5.41) is 13.8. The van der Waals surface area contributed by atoms with Gasteiger partial charge in [-0.1, -0.05) is 158 Å². The van der Waals surface area contributed by atoms with E-state index in [1.807, 2.05) is 0 Å². The van der Waals surface area contributed by atoms with Crippen LogP contribution < -0.4 is 65.8 Å². The van der Waals surface area contributed by atoms with Gasteiger partial charge in [-0.25, -0.2) is 0 Å². The SMILES string of the molecule is [Br-].[Br-].c1ccc([P+](Cc2c3ccccc3c(C[P+](c3ccccc3)(c3ccccc3)c3ccccc3)c3ccccc23)(c2ccccc2)c2ccccc2)cc1. The van der Waals surface area contributed by atoms with E-state index in [-0.39, 0.29) is 34.0 Å². The molecule has 274 valence electrons. The maximum Gasteiger partial charge on any atom is 0.116 e. The van der Waals surface area contributed by atoms with Gasteiger partial charge in [0.05, 0.1) is 12.3 Å². The largest absolute Gasteiger partial charge is 1.00 e. The monoisotopic (exact) mass is 886 g/mol. The van der Waals surface area contributed by atoms with Crippen molar-refractivity contribution in [2.24, 2.45) is 0 Å². The standard InChI is InChI=1S/C52H42P2.2BrH/c1-7-23-41(24-8-1)53(42-25-9-2-10-26-42,43-27-11-3-12-28-43)39-51-47-35-19-21-37-49(47)52(50-38-22-20-36-48(50)51)40-54(44-29-13-4-14-30-44,45-31-15-5-16-32-45)46-33-17-6-18-34-46;;/h1-38H,39-40H2;2*1H/q+2;;/p-2. The average molecular weight is 889 g/mol. The van der Waals surface area contributed by atoms with Gasteiger partial charge in [-0.15, -0.1) is 0 Å². The Hall–Kier alpha value is -4.68. The Labute approximate surface area is 353 Å². The third kappa shape index (κ3) is 7.10. The Morgan fingerprint density at radius 3 is 0.554 bits per heavy atom. The third-order valence-corrected chi connectivity index (χ3v) is 19.8. The van der Waals surface area contributed by atoms with Crippen molar-refractivity contribution >= 4 is 67.9 Å². The molecule has 0 aliphatic rings. The molecule has 0 amide bonds. The number of benzene rings is 9. The van der Waals surface area contributed by atoms with Crippen LogP contribution in [0.3, 0.4) is 0 Å². The lowest BCUT2D eigenvalue weighted by molar-refractivity contribution is -0.001000. The minimum atomic E-state index is -2.18. The number of hydrogen-bond donors (Lipinski definition) is 0. The summed E-state index contributed by atoms with van der Waals surface area (Å²) in [6.07, 6.45) is 1.84. The highest BCUT2D eigenvalue weighted by atomic mass is 79.9. The van der Waals surface area contributed by atoms with Crippen molar-refractivity contribution in [1.29, 1.82) is 0 Å². The second-order valence-electron chi connectivity index (χ2n) is 14.0. The van der Waals surface area contributed by atoms with Crippen LogP contribution in [-0.2, 0) is 12.3 Å². The normalized spacial score (nSPS) is 11.4. The Kier molecular flexibility index (Phi) is 12.5. The van der Waals surface area contributed by atoms with E-state index in [9.17, 15) is 0 Å². The molecule has 0 heterocycles. The average Bonchev–Trinajstić information content (AvgIpc) is 3.27. The molecular formula is C52H42Br2P2. The molecule has 0 aromatic heterocycles. The minimum absolute atomic E-state index is 0. The highest BCUT2D eigenvalue weighted by Gasteiger charge is 2.48. The Morgan fingerprint density at radius 1 is 0.214 bits per heavy atom. The topological polar surface area (TPSA) is 0 Å². The number of hydrogen-bond acceptors (Lipinski definition) is 0. The van der Waals surface area contributed by atoms with Gasteiger partial charge in [0.2, 0.25) is 0 Å². The van der Waals surface area contributed by atoms with Crippen molar-refractivity contribution in [3.05, 3.63) is 242 Å². The van der Waals surface area contributed by atoms with Crippen molar-refractivity contribution < 1.29 is 34.0 Å². The summed E-state index contributed by atoms with van der Waals surface area (Å²) in [6.45, 7) is 0. The van der Waals surface area contributed by atoms with Crippen LogP contribution in [-0.4, -0.2) is 0 Å². The molecule has 0 saturated carbocycles. The number of rotatable bonds is 10. The van der Waals surface area contributed by atoms with Crippen LogP contribution in [0.4, 0.5) is 0 Å². The van der Waals surface area contributed by atoms with Gasteiger partial charge in [-0.3, -0.25) is 0 Å². The summed E-state index contributed by atoms with van der Waals surface area (Å²) in [7, 11) is -4.35. The molecule has 0 fully saturated rings. The Bertz CT molecular complexity index is 2200. The second kappa shape index (κ2) is 17.6. The van der Waals surface area contributed by atoms with Gasteiger partial charge >= 0.3 is 0 Å². The molecule has 0 unspecified atom stereocenters. The molecule has 0 nitrogen and oxygen atoms in total. The summed E-state index contributed by atoms with van der Waals surface area (Å²) in [5.74, 6) is 0. The van der Waals surface area contributed by atoms with Gasteiger partial charge in [-0.05, 0) is 94.3 Å². The molecule has 0 spiro atoms. The fourth-order valence-corrected chi connectivity index (χ4v) is 17.3. The van der Waals surface area contributed by atoms with Crippen molar-refractivity contribution in [3.63, 3.8) is 0 Å². The zero-order valence-electron chi connectivity index (χ0n) is 31.0. The maximum atomic E-state index is 2.39. The first-order valence-corrected chi connectivity index (χ1v) is 22.7. The molecule has 0 atom stereocenters. The van der Waals surface area contributed by atoms with E-state index in [0.29, 0.717) is 0 Å². The molecule has 0 bridgehead atoms. The van der Waals surface area contributed by atoms with E-state index in [1.165, 1.54) is 64.5 Å². The van der Waals surface area contributed by atoms with E-state index in [2.05, 4.69) is 231 Å². The third-order valence-electron chi connectivity index (χ3n) is 11.1. The van der Waals surface area contributed by atoms with Gasteiger partial charge in [-0.2, -0.15) is 0 Å². The molecule has 9 aromatic rings. The first kappa shape index (κ1) is 39.6. The summed E-state index contributed by atoms with van der Waals surface area (Å²) >= 11 is 0. The summed E-state index contributed by atoms with van der Waals surface area (Å²) in [4.78, 5) is 0. The van der Waals surface area contributed by atoms with Crippen LogP contribution in [0.25, 0.3) is 21.5 Å². The van der Waals surface area contributed by atoms with E-state index < -0.39 is 14.5 Å². The van der Waals surface area contributed by atoms with Crippen LogP contribution in [0.15, 0.2) is 231 Å². The predicted molar refractivity (Wildman–Crippen MR) is 239 cm³/mol. The van der Waals surface area contributed by atoms with Gasteiger partial charge in [0.15, 0.2) is 0 Å². The lowest BCUT2D eigenvalue weighted by atomic mass is 9.93. The van der Waals surface area contributed by atoms with Gasteiger partial charge in [0, 0.05) is 11.1 Å². The zero-order valence-corrected chi connectivity index (χ0v) is 36.0. The Morgan fingerprint density at radius 2 is 0.375 bits per heavy atom. The van der Waals surface area contributed by atoms with Crippen LogP contribution in [0.1, 0.15) is 11.1 Å². The molecule has 0 N–H and O–H groups in total. The molecule has 9 aromatic carbocycles. The quantitative estimate of drug-likeness (QED) is 0.134. The first-order valence-electron chi connectivity index (χ1n) is 18.8. The molecule has 56 heavy (non-hydrogen) atoms. The predicted octanol–water partition coefficient (Wildman–Crippen LogP) is 4.99. The van der Waals surface area contributed by atoms with Crippen LogP contribution in [0.5, 0.6) is 0 Å². The maximum absolute atomic E-state index is 2.39. The molecular weight excluding hydrogens is 846 g/mol. The van der Waals surface area contributed by atoms with Crippen molar-refractivity contribution in [1.82, 2.24) is 0 Å². The van der Waals surface area contributed by atoms with Gasteiger partial charge in [0.1, 0.15) is 46.4 Å². The van der Waals surface area contributed by atoms with E-state index >= 15 is 0 Å². The molecule has 4 heteroatoms. The van der Waals surface area contributed by atoms with Crippen LogP contribution in [0, 0.1) is 0 Å². The minimum Gasteiger partial charge on any atom is -1.00 e. The molecule has 9 rings (SSSR count). The highest BCUT2D eigenvalue weighted by Crippen LogP contribution is 2.62. The number of halogens is 2. The summed E-state index contributed by atoms with van der Waals surface area (Å²) in [5.41, 5.74) is 2.86. The van der Waals surface area contributed by atoms with E-state index in [1.54, 1.807) is 0 Å². The van der Waals surface area contributed by atoms with Crippen molar-refractivity contribution in [3.8, 4) is 0 Å². The number of fused-ring (bicyclic) bond motifs is 2. The lowest BCUT2D eigenvalue weighted by Gasteiger charge is -2.31. The Balaban J connectivity index is 0.00000240. The molecule has 0 saturated heterocycles. The fourth-order valence-electron chi connectivity index (χ4n) is 8.66. The fraction of sp³-hybridized carbons (Fsp3) is 0.0385. The molecule has 0 aliphatic carbocycles. The van der Waals surface area contributed by atoms with Crippen molar-refractivity contribution in [2.75, 3.05) is 0 Å². The highest BCUT2D eigenvalue weighted by molar-refractivity contribution is 7.95. The van der Waals surface area contributed by atoms with Crippen molar-refractivity contribution in [2.45, 2.75) is 12.3 Å². The smallest absolute Gasteiger partial charge is 0.116 e. The zero-order chi connectivity index (χ0) is 36.2. The van der Waals surface area contributed by atoms with Gasteiger partial charge < -0.3 is 34.0 Å². The first-order chi connectivity index (χ1) is 26.8. The molecule has 0 aliphatic heterocycles. The van der Waals surface area contributed by atoms with E-state index in [4.69, 9.17) is 0 Å². The summed E-state index contributed by atoms with van der Waals surface area (Å²) in [6, 6.07) is 86.4. The van der Waals surface area contributed by atoms with Crippen LogP contribution in [0.2, 0.25) is 0 Å². The van der Waals surface area contributed by atoms with E-state index in [0.717, 1.165) is 12.3 Å².